The van der Waals surface area contributed by atoms with Gasteiger partial charge in [-0.2, -0.15) is 13.1 Å². The topological polar surface area (TPSA) is 81.5 Å². The Bertz CT molecular complexity index is 1110. The van der Waals surface area contributed by atoms with Crippen LogP contribution in [0.4, 0.5) is 8.78 Å². The minimum Gasteiger partial charge on any atom is -0.465 e. The first-order valence-electron chi connectivity index (χ1n) is 8.14. The molecule has 0 fully saturated rings. The minimum absolute atomic E-state index is 0.0755. The third kappa shape index (κ3) is 3.60. The number of ether oxygens (including phenoxy) is 1. The van der Waals surface area contributed by atoms with E-state index >= 15 is 0 Å². The number of nitrogens with zero attached hydrogens (tertiary/aromatic N) is 3. The van der Waals surface area contributed by atoms with E-state index in [2.05, 4.69) is 9.72 Å². The molecule has 0 unspecified atom stereocenters. The highest BCUT2D eigenvalue weighted by Crippen LogP contribution is 2.25. The zero-order valence-electron chi connectivity index (χ0n) is 15.0. The highest BCUT2D eigenvalue weighted by Gasteiger charge is 2.25. The molecule has 28 heavy (non-hydrogen) atoms. The molecule has 0 bridgehead atoms. The van der Waals surface area contributed by atoms with Crippen molar-refractivity contribution in [2.45, 2.75) is 18.0 Å². The number of methoxy groups -OCH3 is 1. The van der Waals surface area contributed by atoms with Gasteiger partial charge in [0.05, 0.1) is 35.1 Å². The minimum atomic E-state index is -3.98. The number of hydrogen-bond acceptors (Lipinski definition) is 5. The number of benzene rings is 2. The lowest BCUT2D eigenvalue weighted by Gasteiger charge is -2.18. The third-order valence-corrected chi connectivity index (χ3v) is 6.03. The Morgan fingerprint density at radius 3 is 2.43 bits per heavy atom. The molecule has 0 radical (unpaired) electrons. The normalized spacial score (nSPS) is 12.1. The van der Waals surface area contributed by atoms with E-state index in [0.717, 1.165) is 4.31 Å². The molecule has 0 aliphatic carbocycles. The molecule has 0 saturated carbocycles. The summed E-state index contributed by atoms with van der Waals surface area (Å²) in [4.78, 5) is 15.5. The van der Waals surface area contributed by atoms with Gasteiger partial charge in [-0.1, -0.05) is 12.1 Å². The van der Waals surface area contributed by atoms with Gasteiger partial charge in [0.1, 0.15) is 5.82 Å². The van der Waals surface area contributed by atoms with Gasteiger partial charge in [-0.05, 0) is 36.4 Å². The molecule has 0 spiro atoms. The van der Waals surface area contributed by atoms with Crippen LogP contribution in [0.3, 0.4) is 0 Å². The van der Waals surface area contributed by atoms with E-state index in [1.807, 2.05) is 0 Å². The lowest BCUT2D eigenvalue weighted by atomic mass is 10.2. The van der Waals surface area contributed by atoms with Crippen LogP contribution in [-0.4, -0.2) is 42.4 Å². The van der Waals surface area contributed by atoms with Crippen molar-refractivity contribution >= 4 is 27.0 Å². The summed E-state index contributed by atoms with van der Waals surface area (Å²) >= 11 is 0. The molecular formula is C18H17F2N3O4S. The molecule has 2 aromatic carbocycles. The molecule has 0 amide bonds. The van der Waals surface area contributed by atoms with Gasteiger partial charge in [0.15, 0.2) is 0 Å². The number of esters is 1. The quantitative estimate of drug-likeness (QED) is 0.585. The second-order valence-corrected chi connectivity index (χ2v) is 7.99. The number of rotatable bonds is 6. The SMILES string of the molecule is COC(=O)c1ccc(S(=O)(=O)N(C)Cc2nc3ccccc3n2C(F)F)cc1. The van der Waals surface area contributed by atoms with Crippen molar-refractivity contribution in [3.05, 3.63) is 59.9 Å². The Kier molecular flexibility index (Phi) is 5.43. The fourth-order valence-corrected chi connectivity index (χ4v) is 3.89. The summed E-state index contributed by atoms with van der Waals surface area (Å²) < 4.78 is 58.8. The first kappa shape index (κ1) is 19.9. The van der Waals surface area contributed by atoms with Gasteiger partial charge in [-0.15, -0.1) is 0 Å². The molecule has 0 atom stereocenters. The van der Waals surface area contributed by atoms with Gasteiger partial charge in [-0.3, -0.25) is 4.57 Å². The zero-order chi connectivity index (χ0) is 20.5. The number of para-hydroxylation sites is 2. The number of alkyl halides is 2. The van der Waals surface area contributed by atoms with Crippen LogP contribution in [0.5, 0.6) is 0 Å². The van der Waals surface area contributed by atoms with Crippen LogP contribution in [0.2, 0.25) is 0 Å². The van der Waals surface area contributed by atoms with Crippen LogP contribution < -0.4 is 0 Å². The fourth-order valence-electron chi connectivity index (χ4n) is 2.77. The molecule has 3 rings (SSSR count). The molecular weight excluding hydrogens is 392 g/mol. The standard InChI is InChI=1S/C18H17F2N3O4S/c1-22(28(25,26)13-9-7-12(8-10-13)17(24)27-2)11-16-21-14-5-3-4-6-15(14)23(16)18(19)20/h3-10,18H,11H2,1-2H3. The van der Waals surface area contributed by atoms with E-state index < -0.39 is 22.5 Å². The molecule has 0 aliphatic rings. The Hall–Kier alpha value is -2.85. The average Bonchev–Trinajstić information content (AvgIpc) is 3.05. The van der Waals surface area contributed by atoms with Gasteiger partial charge < -0.3 is 4.74 Å². The molecule has 148 valence electrons. The largest absolute Gasteiger partial charge is 0.465 e. The maximum atomic E-state index is 13.5. The van der Waals surface area contributed by atoms with Crippen molar-refractivity contribution in [3.8, 4) is 0 Å². The number of carbonyl (C=O) groups excluding carboxylic acids is 1. The highest BCUT2D eigenvalue weighted by atomic mass is 32.2. The average molecular weight is 409 g/mol. The lowest BCUT2D eigenvalue weighted by molar-refractivity contribution is 0.0600. The van der Waals surface area contributed by atoms with Crippen molar-refractivity contribution in [2.75, 3.05) is 14.2 Å². The summed E-state index contributed by atoms with van der Waals surface area (Å²) in [5, 5.41) is 0. The molecule has 1 heterocycles. The first-order chi connectivity index (χ1) is 13.3. The Morgan fingerprint density at radius 1 is 1.18 bits per heavy atom. The summed E-state index contributed by atoms with van der Waals surface area (Å²) in [6.07, 6.45) is 0. The van der Waals surface area contributed by atoms with Crippen LogP contribution in [0.15, 0.2) is 53.4 Å². The van der Waals surface area contributed by atoms with Crippen LogP contribution in [-0.2, 0) is 21.3 Å². The van der Waals surface area contributed by atoms with E-state index in [1.54, 1.807) is 18.2 Å². The fraction of sp³-hybridized carbons (Fsp3) is 0.222. The Labute approximate surface area is 160 Å². The van der Waals surface area contributed by atoms with Crippen LogP contribution >= 0.6 is 0 Å². The van der Waals surface area contributed by atoms with Crippen LogP contribution in [0.1, 0.15) is 22.7 Å². The van der Waals surface area contributed by atoms with Gasteiger partial charge in [0, 0.05) is 7.05 Å². The van der Waals surface area contributed by atoms with E-state index in [1.165, 1.54) is 44.5 Å². The number of sulfonamides is 1. The first-order valence-corrected chi connectivity index (χ1v) is 9.58. The van der Waals surface area contributed by atoms with Crippen molar-refractivity contribution in [1.82, 2.24) is 13.9 Å². The summed E-state index contributed by atoms with van der Waals surface area (Å²) in [6, 6.07) is 11.5. The molecule has 7 nitrogen and oxygen atoms in total. The van der Waals surface area contributed by atoms with E-state index in [9.17, 15) is 22.0 Å². The summed E-state index contributed by atoms with van der Waals surface area (Å²) in [6.45, 7) is -3.21. The summed E-state index contributed by atoms with van der Waals surface area (Å²) in [5.41, 5.74) is 0.773. The number of imidazole rings is 1. The molecule has 0 N–H and O–H groups in total. The van der Waals surface area contributed by atoms with Crippen molar-refractivity contribution in [1.29, 1.82) is 0 Å². The predicted octanol–water partition coefficient (Wildman–Crippen LogP) is 3.04. The number of halogens is 2. The van der Waals surface area contributed by atoms with E-state index in [0.29, 0.717) is 10.1 Å². The molecule has 0 aliphatic heterocycles. The number of carbonyl (C=O) groups is 1. The van der Waals surface area contributed by atoms with Gasteiger partial charge in [0.25, 0.3) is 0 Å². The van der Waals surface area contributed by atoms with Gasteiger partial charge >= 0.3 is 12.5 Å². The van der Waals surface area contributed by atoms with E-state index in [4.69, 9.17) is 0 Å². The second kappa shape index (κ2) is 7.64. The van der Waals surface area contributed by atoms with Crippen molar-refractivity contribution < 1.29 is 26.7 Å². The van der Waals surface area contributed by atoms with Crippen molar-refractivity contribution in [2.24, 2.45) is 0 Å². The maximum Gasteiger partial charge on any atom is 0.337 e. The monoisotopic (exact) mass is 409 g/mol. The molecule has 3 aromatic rings. The summed E-state index contributed by atoms with van der Waals surface area (Å²) in [5.74, 6) is -0.670. The number of hydrogen-bond donors (Lipinski definition) is 0. The Morgan fingerprint density at radius 2 is 1.82 bits per heavy atom. The second-order valence-electron chi connectivity index (χ2n) is 5.94. The van der Waals surface area contributed by atoms with Crippen LogP contribution in [0.25, 0.3) is 11.0 Å². The van der Waals surface area contributed by atoms with Gasteiger partial charge in [-0.25, -0.2) is 18.2 Å². The van der Waals surface area contributed by atoms with E-state index in [-0.39, 0.29) is 28.3 Å². The van der Waals surface area contributed by atoms with Gasteiger partial charge in [0.2, 0.25) is 10.0 Å². The molecule has 0 saturated heterocycles. The molecule has 1 aromatic heterocycles. The maximum absolute atomic E-state index is 13.5. The molecule has 10 heteroatoms. The van der Waals surface area contributed by atoms with Crippen molar-refractivity contribution in [3.63, 3.8) is 0 Å². The van der Waals surface area contributed by atoms with Crippen LogP contribution in [0, 0.1) is 0 Å². The predicted molar refractivity (Wildman–Crippen MR) is 97.4 cm³/mol. The zero-order valence-corrected chi connectivity index (χ0v) is 15.9. The Balaban J connectivity index is 1.92. The number of fused-ring (bicyclic) bond motifs is 1. The number of aromatic nitrogens is 2. The third-order valence-electron chi connectivity index (χ3n) is 4.21. The smallest absolute Gasteiger partial charge is 0.337 e. The summed E-state index contributed by atoms with van der Waals surface area (Å²) in [7, 11) is -1.49. The highest BCUT2D eigenvalue weighted by molar-refractivity contribution is 7.89. The lowest BCUT2D eigenvalue weighted by Crippen LogP contribution is -2.28.